The van der Waals surface area contributed by atoms with Crippen LogP contribution in [0.4, 0.5) is 8.78 Å². The minimum Gasteiger partial charge on any atom is -0.266 e. The Morgan fingerprint density at radius 2 is 1.96 bits per heavy atom. The highest BCUT2D eigenvalue weighted by Crippen LogP contribution is 2.29. The van der Waals surface area contributed by atoms with Gasteiger partial charge in [-0.2, -0.15) is 0 Å². The minimum atomic E-state index is -3.90. The Morgan fingerprint density at radius 3 is 2.58 bits per heavy atom. The number of benzene rings is 1. The van der Waals surface area contributed by atoms with Crippen molar-refractivity contribution < 1.29 is 17.2 Å². The van der Waals surface area contributed by atoms with Crippen LogP contribution in [0.2, 0.25) is 0 Å². The van der Waals surface area contributed by atoms with E-state index in [0.29, 0.717) is 11.8 Å². The third kappa shape index (κ3) is 2.87. The lowest BCUT2D eigenvalue weighted by molar-refractivity contribution is 0.557. The summed E-state index contributed by atoms with van der Waals surface area (Å²) in [5, 5.41) is 1.38. The molecule has 0 bridgehead atoms. The molecule has 0 aliphatic rings. The van der Waals surface area contributed by atoms with Crippen molar-refractivity contribution in [2.45, 2.75) is 4.90 Å². The summed E-state index contributed by atoms with van der Waals surface area (Å²) in [5.41, 5.74) is 0.308. The van der Waals surface area contributed by atoms with E-state index >= 15 is 0 Å². The van der Waals surface area contributed by atoms with Crippen LogP contribution in [-0.4, -0.2) is 24.2 Å². The van der Waals surface area contributed by atoms with Gasteiger partial charge in [0.25, 0.3) is 0 Å². The Bertz CT molecular complexity index is 1070. The molecule has 2 heterocycles. The predicted octanol–water partition coefficient (Wildman–Crippen LogP) is 2.64. The number of halogens is 2. The topological polar surface area (TPSA) is 69.0 Å². The molecule has 24 heavy (non-hydrogen) atoms. The molecule has 0 amide bonds. The highest BCUT2D eigenvalue weighted by atomic mass is 32.2. The molecule has 0 aliphatic heterocycles. The van der Waals surface area contributed by atoms with E-state index in [1.165, 1.54) is 22.3 Å². The van der Waals surface area contributed by atoms with Crippen molar-refractivity contribution in [1.29, 1.82) is 0 Å². The van der Waals surface area contributed by atoms with Gasteiger partial charge in [-0.25, -0.2) is 17.2 Å². The summed E-state index contributed by atoms with van der Waals surface area (Å²) in [6.07, 6.45) is 3.72. The molecular weight excluding hydrogens is 358 g/mol. The first-order valence-electron chi connectivity index (χ1n) is 6.59. The van der Waals surface area contributed by atoms with Crippen molar-refractivity contribution >= 4 is 21.2 Å². The molecule has 1 aromatic carbocycles. The van der Waals surface area contributed by atoms with Gasteiger partial charge < -0.3 is 0 Å². The van der Waals surface area contributed by atoms with Crippen LogP contribution in [0.15, 0.2) is 51.7 Å². The molecule has 0 atom stereocenters. The van der Waals surface area contributed by atoms with Crippen LogP contribution in [0, 0.1) is 11.6 Å². The predicted molar refractivity (Wildman–Crippen MR) is 86.2 cm³/mol. The monoisotopic (exact) mass is 368 g/mol. The molecule has 0 unspecified atom stereocenters. The van der Waals surface area contributed by atoms with Crippen LogP contribution in [0.1, 0.15) is 0 Å². The van der Waals surface area contributed by atoms with Crippen molar-refractivity contribution in [3.63, 3.8) is 0 Å². The number of aromatic nitrogens is 2. The summed E-state index contributed by atoms with van der Waals surface area (Å²) in [4.78, 5) is 14.9. The van der Waals surface area contributed by atoms with Crippen molar-refractivity contribution in [1.82, 2.24) is 9.55 Å². The van der Waals surface area contributed by atoms with Gasteiger partial charge in [-0.1, -0.05) is 11.3 Å². The molecule has 0 aliphatic carbocycles. The molecule has 0 N–H and O–H groups in total. The molecule has 0 saturated carbocycles. The van der Waals surface area contributed by atoms with E-state index in [9.17, 15) is 22.0 Å². The third-order valence-corrected chi connectivity index (χ3v) is 5.13. The molecule has 3 rings (SSSR count). The molecule has 0 radical (unpaired) electrons. The van der Waals surface area contributed by atoms with E-state index in [2.05, 4.69) is 4.98 Å². The summed E-state index contributed by atoms with van der Waals surface area (Å²) in [6, 6.07) is 4.60. The lowest BCUT2D eigenvalue weighted by atomic mass is 10.1. The average Bonchev–Trinajstić information content (AvgIpc) is 2.90. The maximum atomic E-state index is 14.4. The molecule has 0 saturated heterocycles. The lowest BCUT2D eigenvalue weighted by Gasteiger charge is -2.10. The Labute approximate surface area is 139 Å². The van der Waals surface area contributed by atoms with E-state index in [0.717, 1.165) is 23.7 Å². The molecule has 124 valence electrons. The van der Waals surface area contributed by atoms with Gasteiger partial charge in [0.15, 0.2) is 9.84 Å². The summed E-state index contributed by atoms with van der Waals surface area (Å²) in [6.45, 7) is 0. The van der Waals surface area contributed by atoms with Crippen molar-refractivity contribution in [3.05, 3.63) is 63.3 Å². The second kappa shape index (κ2) is 5.91. The molecule has 0 fully saturated rings. The quantitative estimate of drug-likeness (QED) is 0.713. The van der Waals surface area contributed by atoms with Crippen molar-refractivity contribution in [2.75, 3.05) is 6.26 Å². The molecule has 5 nitrogen and oxygen atoms in total. The Morgan fingerprint density at radius 1 is 1.21 bits per heavy atom. The SMILES string of the molecule is CS(=O)(=O)c1cc(F)c(-c2csc(=O)n2-c2cccnc2)cc1F. The van der Waals surface area contributed by atoms with E-state index in [-0.39, 0.29) is 11.3 Å². The summed E-state index contributed by atoms with van der Waals surface area (Å²) in [5.74, 6) is -2.02. The van der Waals surface area contributed by atoms with Crippen molar-refractivity contribution in [3.8, 4) is 16.9 Å². The smallest absolute Gasteiger partial charge is 0.266 e. The number of rotatable bonds is 3. The first-order chi connectivity index (χ1) is 11.3. The van der Waals surface area contributed by atoms with Gasteiger partial charge in [-0.05, 0) is 24.3 Å². The third-order valence-electron chi connectivity index (χ3n) is 3.30. The highest BCUT2D eigenvalue weighted by molar-refractivity contribution is 7.90. The second-order valence-electron chi connectivity index (χ2n) is 4.97. The van der Waals surface area contributed by atoms with Crippen LogP contribution < -0.4 is 4.87 Å². The number of nitrogens with zero attached hydrogens (tertiary/aromatic N) is 2. The van der Waals surface area contributed by atoms with Crippen molar-refractivity contribution in [2.24, 2.45) is 0 Å². The number of sulfone groups is 1. The minimum absolute atomic E-state index is 0.120. The average molecular weight is 368 g/mol. The molecule has 9 heteroatoms. The standard InChI is InChI=1S/C15H10F2N2O3S2/c1-24(21,22)14-6-11(16)10(5-12(14)17)13-8-23-15(20)19(13)9-3-2-4-18-7-9/h2-8H,1H3. The number of pyridine rings is 1. The van der Waals surface area contributed by atoms with Gasteiger partial charge >= 0.3 is 4.87 Å². The summed E-state index contributed by atoms with van der Waals surface area (Å²) in [7, 11) is -3.90. The van der Waals surface area contributed by atoms with Crippen LogP contribution in [-0.2, 0) is 9.84 Å². The van der Waals surface area contributed by atoms with Crippen LogP contribution in [0.25, 0.3) is 16.9 Å². The van der Waals surface area contributed by atoms with Gasteiger partial charge in [0.05, 0.1) is 17.6 Å². The normalized spacial score (nSPS) is 11.6. The molecule has 3 aromatic rings. The fourth-order valence-corrected chi connectivity index (χ4v) is 3.72. The van der Waals surface area contributed by atoms with E-state index < -0.39 is 31.2 Å². The van der Waals surface area contributed by atoms with Gasteiger partial charge in [0.1, 0.15) is 16.5 Å². The van der Waals surface area contributed by atoms with Crippen LogP contribution in [0.5, 0.6) is 0 Å². The fraction of sp³-hybridized carbons (Fsp3) is 0.0667. The highest BCUT2D eigenvalue weighted by Gasteiger charge is 2.21. The number of thiazole rings is 1. The second-order valence-corrected chi connectivity index (χ2v) is 7.77. The Kier molecular flexibility index (Phi) is 4.06. The number of hydrogen-bond donors (Lipinski definition) is 0. The van der Waals surface area contributed by atoms with Gasteiger partial charge in [-0.3, -0.25) is 14.3 Å². The Hall–Kier alpha value is -2.39. The maximum Gasteiger partial charge on any atom is 0.312 e. The van der Waals surface area contributed by atoms with Gasteiger partial charge in [0.2, 0.25) is 0 Å². The van der Waals surface area contributed by atoms with Gasteiger partial charge in [0, 0.05) is 23.4 Å². The fourth-order valence-electron chi connectivity index (χ4n) is 2.23. The summed E-state index contributed by atoms with van der Waals surface area (Å²) >= 11 is 0.817. The molecule has 2 aromatic heterocycles. The van der Waals surface area contributed by atoms with Gasteiger partial charge in [-0.15, -0.1) is 0 Å². The number of hydrogen-bond acceptors (Lipinski definition) is 5. The zero-order chi connectivity index (χ0) is 17.5. The molecular formula is C15H10F2N2O3S2. The lowest BCUT2D eigenvalue weighted by Crippen LogP contribution is -2.12. The largest absolute Gasteiger partial charge is 0.312 e. The van der Waals surface area contributed by atoms with Crippen LogP contribution in [0.3, 0.4) is 0 Å². The first-order valence-corrected chi connectivity index (χ1v) is 9.36. The van der Waals surface area contributed by atoms with E-state index in [4.69, 9.17) is 0 Å². The zero-order valence-corrected chi connectivity index (χ0v) is 13.9. The summed E-state index contributed by atoms with van der Waals surface area (Å²) < 4.78 is 52.7. The maximum absolute atomic E-state index is 14.4. The van der Waals surface area contributed by atoms with E-state index in [1.54, 1.807) is 12.1 Å². The Balaban J connectivity index is 2.26. The van der Waals surface area contributed by atoms with E-state index in [1.807, 2.05) is 0 Å². The molecule has 0 spiro atoms. The zero-order valence-electron chi connectivity index (χ0n) is 12.2. The first kappa shape index (κ1) is 16.5. The van der Waals surface area contributed by atoms with Crippen LogP contribution >= 0.6 is 11.3 Å².